The fourth-order valence-corrected chi connectivity index (χ4v) is 8.57. The van der Waals surface area contributed by atoms with Gasteiger partial charge in [0.05, 0.1) is 22.8 Å². The maximum absolute atomic E-state index is 17.0. The number of nitrogens with zero attached hydrogens (tertiary/aromatic N) is 2. The second-order valence-corrected chi connectivity index (χ2v) is 15.1. The van der Waals surface area contributed by atoms with Gasteiger partial charge in [0.2, 0.25) is 0 Å². The largest absolute Gasteiger partial charge is 0.384 e. The van der Waals surface area contributed by atoms with Gasteiger partial charge in [0.15, 0.2) is 5.83 Å². The number of allylic oxidation sites excluding steroid dienone is 2. The molecule has 1 aliphatic carbocycles. The predicted molar refractivity (Wildman–Crippen MR) is 222 cm³/mol. The summed E-state index contributed by atoms with van der Waals surface area (Å²) in [5.74, 6) is -32.8. The van der Waals surface area contributed by atoms with Crippen molar-refractivity contribution in [3.63, 3.8) is 0 Å². The first-order valence-electron chi connectivity index (χ1n) is 19.3. The van der Waals surface area contributed by atoms with Gasteiger partial charge in [-0.15, -0.1) is 0 Å². The number of aromatic nitrogens is 4. The molecule has 0 amide bonds. The Morgan fingerprint density at radius 1 is 0.419 bits per heavy atom. The van der Waals surface area contributed by atoms with Crippen molar-refractivity contribution < 1.29 is 39.5 Å². The molecule has 1 unspecified atom stereocenters. The van der Waals surface area contributed by atoms with Crippen molar-refractivity contribution in [3.8, 4) is 44.5 Å². The highest BCUT2D eigenvalue weighted by Crippen LogP contribution is 2.67. The smallest absolute Gasteiger partial charge is 0.354 e. The molecule has 3 aliphatic rings. The van der Waals surface area contributed by atoms with Crippen LogP contribution in [0.5, 0.6) is 0 Å². The van der Waals surface area contributed by atoms with E-state index in [1.54, 1.807) is 48.5 Å². The van der Waals surface area contributed by atoms with Crippen molar-refractivity contribution in [2.75, 3.05) is 0 Å². The Bertz CT molecular complexity index is 3140. The molecule has 0 saturated heterocycles. The minimum Gasteiger partial charge on any atom is -0.354 e. The van der Waals surface area contributed by atoms with E-state index in [0.717, 1.165) is 0 Å². The quantitative estimate of drug-likeness (QED) is 0.173. The number of alkyl halides is 8. The fourth-order valence-electron chi connectivity index (χ4n) is 8.57. The van der Waals surface area contributed by atoms with Crippen LogP contribution in [-0.2, 0) is 0 Å². The number of hydrogen-bond donors (Lipinski definition) is 2. The molecule has 10 rings (SSSR count). The van der Waals surface area contributed by atoms with Crippen LogP contribution in [0.4, 0.5) is 39.5 Å². The monoisotopic (exact) mass is 844 g/mol. The molecule has 5 heterocycles. The Labute approximate surface area is 346 Å². The summed E-state index contributed by atoms with van der Waals surface area (Å²) in [6.45, 7) is 0. The van der Waals surface area contributed by atoms with E-state index in [2.05, 4.69) is 15.0 Å². The van der Waals surface area contributed by atoms with E-state index < -0.39 is 52.4 Å². The van der Waals surface area contributed by atoms with Crippen molar-refractivity contribution in [1.29, 1.82) is 0 Å². The Balaban J connectivity index is 1.50. The average molecular weight is 845 g/mol. The van der Waals surface area contributed by atoms with Crippen molar-refractivity contribution in [2.24, 2.45) is 0 Å². The summed E-state index contributed by atoms with van der Waals surface area (Å²) in [4.78, 5) is 16.0. The molecule has 1 atom stereocenters. The van der Waals surface area contributed by atoms with Crippen LogP contribution in [0.25, 0.3) is 84.3 Å². The Morgan fingerprint density at radius 3 is 1.23 bits per heavy atom. The number of halogens is 9. The summed E-state index contributed by atoms with van der Waals surface area (Å²) in [6, 6.07) is 39.2. The van der Waals surface area contributed by atoms with E-state index in [0.29, 0.717) is 44.7 Å². The summed E-state index contributed by atoms with van der Waals surface area (Å²) < 4.78 is 146. The van der Waals surface area contributed by atoms with Gasteiger partial charge in [-0.2, -0.15) is 35.1 Å². The third-order valence-corrected chi connectivity index (χ3v) is 11.5. The van der Waals surface area contributed by atoms with Gasteiger partial charge in [-0.25, -0.2) is 9.37 Å². The maximum atomic E-state index is 17.0. The number of H-pyrrole nitrogens is 2. The van der Waals surface area contributed by atoms with Crippen LogP contribution in [0.2, 0.25) is 0 Å². The highest BCUT2D eigenvalue weighted by Gasteiger charge is 2.86. The first-order valence-corrected chi connectivity index (χ1v) is 19.3. The molecule has 0 spiro atoms. The molecular formula is C49H29F9N4. The summed E-state index contributed by atoms with van der Waals surface area (Å²) in [5, 5.41) is 0. The predicted octanol–water partition coefficient (Wildman–Crippen LogP) is 14.2. The normalized spacial score (nSPS) is 18.3. The molecule has 4 aromatic carbocycles. The van der Waals surface area contributed by atoms with Gasteiger partial charge in [-0.1, -0.05) is 121 Å². The first kappa shape index (κ1) is 39.0. The van der Waals surface area contributed by atoms with Gasteiger partial charge >= 0.3 is 23.7 Å². The molecule has 3 aromatic heterocycles. The van der Waals surface area contributed by atoms with Crippen molar-refractivity contribution in [2.45, 2.75) is 29.6 Å². The summed E-state index contributed by atoms with van der Waals surface area (Å²) in [7, 11) is 0. The molecular weight excluding hydrogens is 816 g/mol. The average Bonchev–Trinajstić information content (AvgIpc) is 4.11. The van der Waals surface area contributed by atoms with Crippen LogP contribution < -0.4 is 0 Å². The van der Waals surface area contributed by atoms with E-state index in [9.17, 15) is 0 Å². The molecule has 308 valence electrons. The summed E-state index contributed by atoms with van der Waals surface area (Å²) >= 11 is 0. The molecule has 0 saturated carbocycles. The lowest BCUT2D eigenvalue weighted by Crippen LogP contribution is -2.62. The highest BCUT2D eigenvalue weighted by atomic mass is 19.4. The molecule has 13 heteroatoms. The third kappa shape index (κ3) is 5.63. The Kier molecular flexibility index (Phi) is 8.78. The lowest BCUT2D eigenvalue weighted by molar-refractivity contribution is -0.358. The van der Waals surface area contributed by atoms with Crippen LogP contribution in [-0.4, -0.2) is 43.6 Å². The van der Waals surface area contributed by atoms with Gasteiger partial charge in [0.25, 0.3) is 0 Å². The van der Waals surface area contributed by atoms with E-state index in [1.165, 1.54) is 60.7 Å². The van der Waals surface area contributed by atoms with E-state index in [1.807, 2.05) is 48.6 Å². The van der Waals surface area contributed by atoms with E-state index in [4.69, 9.17) is 4.98 Å². The van der Waals surface area contributed by atoms with Gasteiger partial charge in [-0.3, -0.25) is 4.98 Å². The van der Waals surface area contributed by atoms with Gasteiger partial charge < -0.3 is 9.97 Å². The molecule has 0 radical (unpaired) electrons. The standard InChI is InChI=1S/C49H29F9N4/c50-45-41-42(46(51,52)48(55,56)49(57,58)47(45,53)54)44-40(30-19-11-4-12-20-30)36-26-24-34(61-36)38(28-15-7-2-8-16-28)32-22-21-31(59-32)37(27-13-5-1-6-14-27)33-23-25-35(60-33)39(43(41)62-44)29-17-9-3-10-18-29/h1-26,42,60-61H. The third-order valence-electron chi connectivity index (χ3n) is 11.5. The van der Waals surface area contributed by atoms with Crippen LogP contribution in [0.15, 0.2) is 151 Å². The van der Waals surface area contributed by atoms with Gasteiger partial charge in [0.1, 0.15) is 5.92 Å². The molecule has 62 heavy (non-hydrogen) atoms. The second-order valence-electron chi connectivity index (χ2n) is 15.1. The number of rotatable bonds is 4. The molecule has 2 N–H and O–H groups in total. The number of aromatic amines is 2. The van der Waals surface area contributed by atoms with Crippen molar-refractivity contribution in [1.82, 2.24) is 19.9 Å². The molecule has 2 aliphatic heterocycles. The first-order chi connectivity index (χ1) is 29.7. The molecule has 4 nitrogen and oxygen atoms in total. The van der Waals surface area contributed by atoms with Crippen molar-refractivity contribution >= 4 is 39.8 Å². The van der Waals surface area contributed by atoms with Crippen LogP contribution in [0.1, 0.15) is 28.7 Å². The van der Waals surface area contributed by atoms with Crippen LogP contribution in [0, 0.1) is 0 Å². The van der Waals surface area contributed by atoms with Crippen molar-refractivity contribution in [3.05, 3.63) is 174 Å². The zero-order chi connectivity index (χ0) is 43.2. The zero-order valence-electron chi connectivity index (χ0n) is 31.9. The number of hydrogen-bond acceptors (Lipinski definition) is 2. The highest BCUT2D eigenvalue weighted by molar-refractivity contribution is 6.00. The summed E-state index contributed by atoms with van der Waals surface area (Å²) in [5.41, 5.74) is -0.232. The lowest BCUT2D eigenvalue weighted by Gasteiger charge is -2.35. The minimum atomic E-state index is -6.89. The SMILES string of the molecule is FC1=C2c3nc(c(-c4ccccc4)c4ccc([nH]4)c(-c4ccccc4)c4nc(c(-c5ccccc5)c5ccc([nH]5)c3-c3ccccc3)C=C4)C2C(F)(F)C(F)(F)C(F)(F)C1(F)F. The Morgan fingerprint density at radius 2 is 0.790 bits per heavy atom. The fraction of sp³-hybridized carbons (Fsp3) is 0.102. The maximum Gasteiger partial charge on any atom is 0.384 e. The number of fused-ring (bicyclic) bond motifs is 11. The lowest BCUT2D eigenvalue weighted by atomic mass is 9.83. The van der Waals surface area contributed by atoms with Gasteiger partial charge in [0, 0.05) is 49.9 Å². The minimum absolute atomic E-state index is 0.00749. The molecule has 0 fully saturated rings. The Hall–Kier alpha value is -7.15. The zero-order valence-corrected chi connectivity index (χ0v) is 31.9. The van der Waals surface area contributed by atoms with Gasteiger partial charge in [-0.05, 0) is 58.7 Å². The van der Waals surface area contributed by atoms with Crippen LogP contribution in [0.3, 0.4) is 0 Å². The summed E-state index contributed by atoms with van der Waals surface area (Å²) in [6.07, 6.45) is 3.62. The molecule has 7 aromatic rings. The molecule has 8 bridgehead atoms. The van der Waals surface area contributed by atoms with E-state index in [-0.39, 0.29) is 33.3 Å². The topological polar surface area (TPSA) is 57.4 Å². The number of benzene rings is 4. The second kappa shape index (κ2) is 13.9. The number of nitrogens with one attached hydrogen (secondary N) is 2. The van der Waals surface area contributed by atoms with Crippen LogP contribution >= 0.6 is 0 Å². The van der Waals surface area contributed by atoms with E-state index >= 15 is 39.5 Å².